The van der Waals surface area contributed by atoms with Crippen molar-refractivity contribution in [1.29, 1.82) is 0 Å². The molecule has 0 unspecified atom stereocenters. The molecular weight excluding hydrogens is 390 g/mol. The van der Waals surface area contributed by atoms with E-state index < -0.39 is 0 Å². The van der Waals surface area contributed by atoms with Gasteiger partial charge >= 0.3 is 0 Å². The number of aromatic hydroxyl groups is 1. The summed E-state index contributed by atoms with van der Waals surface area (Å²) in [7, 11) is 0. The number of carbonyl (C=O) groups excluding carboxylic acids is 1. The van der Waals surface area contributed by atoms with Crippen molar-refractivity contribution in [2.45, 2.75) is 11.3 Å². The van der Waals surface area contributed by atoms with Gasteiger partial charge in [0, 0.05) is 5.56 Å². The van der Waals surface area contributed by atoms with Crippen LogP contribution < -0.4 is 5.43 Å². The lowest BCUT2D eigenvalue weighted by Gasteiger charge is -2.09. The number of carbonyl (C=O) groups is 1. The predicted molar refractivity (Wildman–Crippen MR) is 116 cm³/mol. The minimum Gasteiger partial charge on any atom is -0.507 e. The maximum absolute atomic E-state index is 12.2. The number of nitrogens with one attached hydrogen (secondary N) is 1. The van der Waals surface area contributed by atoms with Gasteiger partial charge in [-0.25, -0.2) is 10.4 Å². The number of aromatic nitrogens is 1. The summed E-state index contributed by atoms with van der Waals surface area (Å²) in [6, 6.07) is 19.1. The van der Waals surface area contributed by atoms with E-state index in [0.717, 1.165) is 25.3 Å². The minimum atomic E-state index is -0.219. The Bertz CT molecular complexity index is 1170. The molecule has 7 heteroatoms. The van der Waals surface area contributed by atoms with Crippen LogP contribution in [0.4, 0.5) is 0 Å². The summed E-state index contributed by atoms with van der Waals surface area (Å²) in [6.07, 6.45) is 0. The van der Waals surface area contributed by atoms with E-state index >= 15 is 0 Å². The number of rotatable bonds is 5. The van der Waals surface area contributed by atoms with Gasteiger partial charge in [-0.05, 0) is 35.9 Å². The van der Waals surface area contributed by atoms with Crippen LogP contribution in [0.5, 0.6) is 5.75 Å². The van der Waals surface area contributed by atoms with Crippen LogP contribution in [0.2, 0.25) is 0 Å². The van der Waals surface area contributed by atoms with Crippen molar-refractivity contribution >= 4 is 55.7 Å². The lowest BCUT2D eigenvalue weighted by atomic mass is 10.0. The Balaban J connectivity index is 1.45. The van der Waals surface area contributed by atoms with Gasteiger partial charge in [0.05, 0.1) is 21.7 Å². The first-order valence-corrected chi connectivity index (χ1v) is 10.4. The average Bonchev–Trinajstić information content (AvgIpc) is 3.13. The number of nitrogens with zero attached hydrogens (tertiary/aromatic N) is 2. The van der Waals surface area contributed by atoms with E-state index in [1.54, 1.807) is 24.3 Å². The number of thiazole rings is 1. The molecule has 0 aliphatic heterocycles. The largest absolute Gasteiger partial charge is 0.507 e. The zero-order valence-electron chi connectivity index (χ0n) is 15.0. The van der Waals surface area contributed by atoms with E-state index in [1.807, 2.05) is 54.6 Å². The Morgan fingerprint density at radius 3 is 2.79 bits per heavy atom. The van der Waals surface area contributed by atoms with Crippen LogP contribution in [0.25, 0.3) is 21.0 Å². The van der Waals surface area contributed by atoms with Crippen molar-refractivity contribution in [1.82, 2.24) is 10.4 Å². The number of hydrogen-bond donors (Lipinski definition) is 2. The van der Waals surface area contributed by atoms with Gasteiger partial charge in [0.15, 0.2) is 4.34 Å². The molecule has 0 fully saturated rings. The van der Waals surface area contributed by atoms with Crippen LogP contribution in [0.3, 0.4) is 0 Å². The second-order valence-corrected chi connectivity index (χ2v) is 8.40. The fourth-order valence-corrected chi connectivity index (χ4v) is 4.78. The molecular formula is C21H17N3O2S2. The average molecular weight is 408 g/mol. The number of fused-ring (bicyclic) bond motifs is 2. The van der Waals surface area contributed by atoms with E-state index in [2.05, 4.69) is 15.5 Å². The van der Waals surface area contributed by atoms with Gasteiger partial charge in [0.25, 0.3) is 5.91 Å². The maximum Gasteiger partial charge on any atom is 0.250 e. The minimum absolute atomic E-state index is 0.137. The quantitative estimate of drug-likeness (QED) is 0.283. The summed E-state index contributed by atoms with van der Waals surface area (Å²) in [4.78, 5) is 16.7. The van der Waals surface area contributed by atoms with Crippen molar-refractivity contribution in [3.05, 3.63) is 66.2 Å². The Kier molecular flexibility index (Phi) is 5.27. The predicted octanol–water partition coefficient (Wildman–Crippen LogP) is 4.79. The first-order valence-electron chi connectivity index (χ1n) is 8.64. The van der Waals surface area contributed by atoms with Crippen LogP contribution in [-0.4, -0.2) is 27.5 Å². The highest BCUT2D eigenvalue weighted by Crippen LogP contribution is 2.29. The van der Waals surface area contributed by atoms with Gasteiger partial charge in [-0.2, -0.15) is 5.10 Å². The molecule has 1 heterocycles. The Morgan fingerprint density at radius 1 is 1.14 bits per heavy atom. The smallest absolute Gasteiger partial charge is 0.250 e. The highest BCUT2D eigenvalue weighted by molar-refractivity contribution is 8.01. The summed E-state index contributed by atoms with van der Waals surface area (Å²) < 4.78 is 1.95. The van der Waals surface area contributed by atoms with Gasteiger partial charge in [-0.1, -0.05) is 54.2 Å². The number of hydrogen-bond acceptors (Lipinski definition) is 6. The Labute approximate surface area is 170 Å². The number of para-hydroxylation sites is 1. The van der Waals surface area contributed by atoms with Crippen molar-refractivity contribution in [3.63, 3.8) is 0 Å². The van der Waals surface area contributed by atoms with Crippen LogP contribution in [0, 0.1) is 0 Å². The molecule has 2 N–H and O–H groups in total. The third kappa shape index (κ3) is 3.85. The normalized spacial score (nSPS) is 11.8. The topological polar surface area (TPSA) is 74.6 Å². The third-order valence-corrected chi connectivity index (χ3v) is 6.40. The molecule has 1 amide bonds. The molecule has 0 radical (unpaired) electrons. The fraction of sp³-hybridized carbons (Fsp3) is 0.0952. The fourth-order valence-electron chi connectivity index (χ4n) is 2.91. The van der Waals surface area contributed by atoms with Crippen molar-refractivity contribution < 1.29 is 9.90 Å². The first kappa shape index (κ1) is 18.5. The molecule has 3 aromatic carbocycles. The first-order chi connectivity index (χ1) is 13.6. The molecule has 0 aliphatic rings. The van der Waals surface area contributed by atoms with Crippen LogP contribution in [0.1, 0.15) is 12.5 Å². The molecule has 4 aromatic rings. The van der Waals surface area contributed by atoms with Crippen LogP contribution >= 0.6 is 23.1 Å². The molecule has 0 aliphatic carbocycles. The van der Waals surface area contributed by atoms with E-state index in [-0.39, 0.29) is 17.4 Å². The standard InChI is InChI=1S/C21H17N3O2S2/c1-13(20-15-7-3-2-6-14(15)10-11-17(20)25)23-24-19(26)12-27-21-22-16-8-4-5-9-18(16)28-21/h2-11,25H,12H2,1H3,(H,24,26)/b23-13-. The number of hydrazone groups is 1. The Morgan fingerprint density at radius 2 is 1.93 bits per heavy atom. The second-order valence-electron chi connectivity index (χ2n) is 6.15. The van der Waals surface area contributed by atoms with E-state index in [4.69, 9.17) is 0 Å². The highest BCUT2D eigenvalue weighted by atomic mass is 32.2. The van der Waals surface area contributed by atoms with Crippen LogP contribution in [0.15, 0.2) is 70.1 Å². The molecule has 0 bridgehead atoms. The van der Waals surface area contributed by atoms with E-state index in [1.165, 1.54) is 11.8 Å². The molecule has 28 heavy (non-hydrogen) atoms. The van der Waals surface area contributed by atoms with E-state index in [9.17, 15) is 9.90 Å². The molecule has 4 rings (SSSR count). The molecule has 5 nitrogen and oxygen atoms in total. The molecule has 0 saturated heterocycles. The summed E-state index contributed by atoms with van der Waals surface area (Å²) in [5, 5.41) is 16.3. The molecule has 140 valence electrons. The summed E-state index contributed by atoms with van der Waals surface area (Å²) >= 11 is 2.95. The number of phenolic OH excluding ortho intramolecular Hbond substituents is 1. The van der Waals surface area contributed by atoms with Crippen molar-refractivity contribution in [2.75, 3.05) is 5.75 Å². The molecule has 0 spiro atoms. The van der Waals surface area contributed by atoms with Crippen LogP contribution in [-0.2, 0) is 4.79 Å². The lowest BCUT2D eigenvalue weighted by molar-refractivity contribution is -0.118. The summed E-state index contributed by atoms with van der Waals surface area (Å²) in [6.45, 7) is 1.77. The third-order valence-electron chi connectivity index (χ3n) is 4.22. The monoisotopic (exact) mass is 407 g/mol. The number of phenols is 1. The summed E-state index contributed by atoms with van der Waals surface area (Å²) in [5.41, 5.74) is 4.68. The van der Waals surface area contributed by atoms with Gasteiger partial charge in [0.2, 0.25) is 0 Å². The van der Waals surface area contributed by atoms with Gasteiger partial charge < -0.3 is 5.11 Å². The number of benzene rings is 3. The number of thioether (sulfide) groups is 1. The van der Waals surface area contributed by atoms with Gasteiger partial charge in [0.1, 0.15) is 5.75 Å². The molecule has 1 aromatic heterocycles. The second kappa shape index (κ2) is 8.00. The lowest BCUT2D eigenvalue weighted by Crippen LogP contribution is -2.21. The Hall–Kier alpha value is -2.90. The SMILES string of the molecule is C/C(=N/NC(=O)CSc1nc2ccccc2s1)c1c(O)ccc2ccccc12. The van der Waals surface area contributed by atoms with E-state index in [0.29, 0.717) is 11.3 Å². The summed E-state index contributed by atoms with van der Waals surface area (Å²) in [5.74, 6) is 0.138. The number of amides is 1. The maximum atomic E-state index is 12.2. The zero-order valence-corrected chi connectivity index (χ0v) is 16.7. The van der Waals surface area contributed by atoms with Crippen molar-refractivity contribution in [2.24, 2.45) is 5.10 Å². The van der Waals surface area contributed by atoms with Gasteiger partial charge in [-0.15, -0.1) is 11.3 Å². The molecule has 0 saturated carbocycles. The van der Waals surface area contributed by atoms with Crippen molar-refractivity contribution in [3.8, 4) is 5.75 Å². The van der Waals surface area contributed by atoms with Gasteiger partial charge in [-0.3, -0.25) is 4.79 Å². The molecule has 0 atom stereocenters. The highest BCUT2D eigenvalue weighted by Gasteiger charge is 2.11. The zero-order chi connectivity index (χ0) is 19.5.